The highest BCUT2D eigenvalue weighted by atomic mass is 79.9. The first-order valence-corrected chi connectivity index (χ1v) is 6.77. The van der Waals surface area contributed by atoms with E-state index in [2.05, 4.69) is 28.2 Å². The quantitative estimate of drug-likeness (QED) is 0.782. The highest BCUT2D eigenvalue weighted by Gasteiger charge is 2.28. The molecule has 1 aliphatic rings. The highest BCUT2D eigenvalue weighted by Crippen LogP contribution is 2.19. The van der Waals surface area contributed by atoms with Crippen LogP contribution in [0, 0.1) is 5.92 Å². The van der Waals surface area contributed by atoms with Crippen LogP contribution in [0.25, 0.3) is 0 Å². The molecule has 3 nitrogen and oxygen atoms in total. The number of carbonyl (C=O) groups excluding carboxylic acids is 1. The van der Waals surface area contributed by atoms with Crippen molar-refractivity contribution in [3.63, 3.8) is 0 Å². The molecule has 88 valence electrons. The van der Waals surface area contributed by atoms with Crippen molar-refractivity contribution in [2.75, 3.05) is 11.9 Å². The number of alkyl halides is 1. The first-order chi connectivity index (χ1) is 7.17. The summed E-state index contributed by atoms with van der Waals surface area (Å²) in [5.74, 6) is 0.219. The molecule has 3 unspecified atom stereocenters. The molecule has 1 rings (SSSR count). The Labute approximate surface area is 100 Å². The SMILES string of the molecule is CCC(CCBr)NC(=O)C1COC(C)C1. The van der Waals surface area contributed by atoms with Gasteiger partial charge in [0.2, 0.25) is 5.91 Å². The summed E-state index contributed by atoms with van der Waals surface area (Å²) in [7, 11) is 0. The first-order valence-electron chi connectivity index (χ1n) is 5.65. The van der Waals surface area contributed by atoms with Gasteiger partial charge in [-0.2, -0.15) is 0 Å². The van der Waals surface area contributed by atoms with E-state index in [0.717, 1.165) is 24.6 Å². The second-order valence-corrected chi connectivity index (χ2v) is 4.96. The van der Waals surface area contributed by atoms with Crippen LogP contribution in [-0.2, 0) is 9.53 Å². The van der Waals surface area contributed by atoms with Crippen LogP contribution < -0.4 is 5.32 Å². The Morgan fingerprint density at radius 2 is 2.40 bits per heavy atom. The molecule has 1 heterocycles. The van der Waals surface area contributed by atoms with Crippen molar-refractivity contribution >= 4 is 21.8 Å². The van der Waals surface area contributed by atoms with Crippen LogP contribution in [0.3, 0.4) is 0 Å². The molecule has 4 heteroatoms. The topological polar surface area (TPSA) is 38.3 Å². The van der Waals surface area contributed by atoms with Crippen LogP contribution in [-0.4, -0.2) is 30.0 Å². The second-order valence-electron chi connectivity index (χ2n) is 4.17. The summed E-state index contributed by atoms with van der Waals surface area (Å²) in [5.41, 5.74) is 0. The molecule has 1 fully saturated rings. The molecule has 3 atom stereocenters. The Balaban J connectivity index is 2.33. The molecule has 0 aromatic heterocycles. The summed E-state index contributed by atoms with van der Waals surface area (Å²) in [6.45, 7) is 4.70. The molecular formula is C11H20BrNO2. The minimum atomic E-state index is 0.0596. The van der Waals surface area contributed by atoms with E-state index in [1.54, 1.807) is 0 Å². The number of hydrogen-bond donors (Lipinski definition) is 1. The third-order valence-corrected chi connectivity index (χ3v) is 3.32. The van der Waals surface area contributed by atoms with Crippen LogP contribution >= 0.6 is 15.9 Å². The Bertz CT molecular complexity index is 211. The van der Waals surface area contributed by atoms with Gasteiger partial charge < -0.3 is 10.1 Å². The van der Waals surface area contributed by atoms with E-state index < -0.39 is 0 Å². The fourth-order valence-corrected chi connectivity index (χ4v) is 2.38. The van der Waals surface area contributed by atoms with E-state index in [0.29, 0.717) is 12.6 Å². The summed E-state index contributed by atoms with van der Waals surface area (Å²) in [4.78, 5) is 11.8. The van der Waals surface area contributed by atoms with Gasteiger partial charge in [0.05, 0.1) is 18.6 Å². The molecule has 0 saturated carbocycles. The van der Waals surface area contributed by atoms with Gasteiger partial charge in [0, 0.05) is 11.4 Å². The van der Waals surface area contributed by atoms with Gasteiger partial charge in [-0.25, -0.2) is 0 Å². The predicted octanol–water partition coefficient (Wildman–Crippen LogP) is 2.09. The number of hydrogen-bond acceptors (Lipinski definition) is 2. The summed E-state index contributed by atoms with van der Waals surface area (Å²) in [6, 6.07) is 0.299. The van der Waals surface area contributed by atoms with E-state index in [1.807, 2.05) is 6.92 Å². The summed E-state index contributed by atoms with van der Waals surface area (Å²) >= 11 is 3.40. The Morgan fingerprint density at radius 3 is 2.87 bits per heavy atom. The third kappa shape index (κ3) is 4.11. The van der Waals surface area contributed by atoms with Gasteiger partial charge in [0.1, 0.15) is 0 Å². The molecule has 0 spiro atoms. The van der Waals surface area contributed by atoms with Crippen molar-refractivity contribution in [3.05, 3.63) is 0 Å². The maximum atomic E-state index is 11.8. The van der Waals surface area contributed by atoms with Gasteiger partial charge in [-0.05, 0) is 26.2 Å². The van der Waals surface area contributed by atoms with Gasteiger partial charge in [-0.1, -0.05) is 22.9 Å². The maximum Gasteiger partial charge on any atom is 0.225 e. The maximum absolute atomic E-state index is 11.8. The molecule has 0 aromatic rings. The smallest absolute Gasteiger partial charge is 0.225 e. The van der Waals surface area contributed by atoms with Crippen LogP contribution in [0.1, 0.15) is 33.1 Å². The van der Waals surface area contributed by atoms with Crippen molar-refractivity contribution < 1.29 is 9.53 Å². The van der Waals surface area contributed by atoms with Crippen molar-refractivity contribution in [3.8, 4) is 0 Å². The fraction of sp³-hybridized carbons (Fsp3) is 0.909. The van der Waals surface area contributed by atoms with E-state index in [-0.39, 0.29) is 17.9 Å². The van der Waals surface area contributed by atoms with Crippen LogP contribution in [0.4, 0.5) is 0 Å². The van der Waals surface area contributed by atoms with E-state index in [4.69, 9.17) is 4.74 Å². The lowest BCUT2D eigenvalue weighted by Gasteiger charge is -2.17. The zero-order valence-electron chi connectivity index (χ0n) is 9.46. The summed E-state index contributed by atoms with van der Waals surface area (Å²) in [6.07, 6.45) is 3.07. The monoisotopic (exact) mass is 277 g/mol. The lowest BCUT2D eigenvalue weighted by Crippen LogP contribution is -2.39. The molecule has 1 N–H and O–H groups in total. The van der Waals surface area contributed by atoms with Crippen LogP contribution in [0.15, 0.2) is 0 Å². The normalized spacial score (nSPS) is 27.7. The van der Waals surface area contributed by atoms with Gasteiger partial charge in [0.15, 0.2) is 0 Å². The summed E-state index contributed by atoms with van der Waals surface area (Å²) in [5, 5.41) is 4.02. The first kappa shape index (κ1) is 13.0. The Hall–Kier alpha value is -0.0900. The average molecular weight is 278 g/mol. The van der Waals surface area contributed by atoms with Crippen molar-refractivity contribution in [2.24, 2.45) is 5.92 Å². The van der Waals surface area contributed by atoms with Crippen molar-refractivity contribution in [2.45, 2.75) is 45.3 Å². The molecular weight excluding hydrogens is 258 g/mol. The van der Waals surface area contributed by atoms with Gasteiger partial charge >= 0.3 is 0 Å². The van der Waals surface area contributed by atoms with E-state index in [9.17, 15) is 4.79 Å². The second kappa shape index (κ2) is 6.48. The fourth-order valence-electron chi connectivity index (χ4n) is 1.83. The van der Waals surface area contributed by atoms with Crippen molar-refractivity contribution in [1.82, 2.24) is 5.32 Å². The largest absolute Gasteiger partial charge is 0.378 e. The summed E-state index contributed by atoms with van der Waals surface area (Å²) < 4.78 is 5.39. The zero-order valence-corrected chi connectivity index (χ0v) is 11.0. The minimum absolute atomic E-state index is 0.0596. The molecule has 1 aliphatic heterocycles. The molecule has 0 radical (unpaired) electrons. The van der Waals surface area contributed by atoms with E-state index in [1.165, 1.54) is 0 Å². The standard InChI is InChI=1S/C11H20BrNO2/c1-3-10(4-5-12)13-11(14)9-6-8(2)15-7-9/h8-10H,3-7H2,1-2H3,(H,13,14). The lowest BCUT2D eigenvalue weighted by atomic mass is 10.0. The third-order valence-electron chi connectivity index (χ3n) is 2.87. The molecule has 0 aliphatic carbocycles. The predicted molar refractivity (Wildman–Crippen MR) is 64.2 cm³/mol. The lowest BCUT2D eigenvalue weighted by molar-refractivity contribution is -0.125. The number of amides is 1. The Morgan fingerprint density at radius 1 is 1.67 bits per heavy atom. The Kier molecular flexibility index (Phi) is 5.61. The number of ether oxygens (including phenoxy) is 1. The molecule has 1 amide bonds. The minimum Gasteiger partial charge on any atom is -0.378 e. The molecule has 15 heavy (non-hydrogen) atoms. The molecule has 0 aromatic carbocycles. The average Bonchev–Trinajstić information content (AvgIpc) is 2.64. The van der Waals surface area contributed by atoms with E-state index >= 15 is 0 Å². The number of carbonyl (C=O) groups is 1. The zero-order chi connectivity index (χ0) is 11.3. The highest BCUT2D eigenvalue weighted by molar-refractivity contribution is 9.09. The number of nitrogens with one attached hydrogen (secondary N) is 1. The molecule has 0 bridgehead atoms. The van der Waals surface area contributed by atoms with Gasteiger partial charge in [0.25, 0.3) is 0 Å². The molecule has 1 saturated heterocycles. The van der Waals surface area contributed by atoms with Gasteiger partial charge in [-0.15, -0.1) is 0 Å². The van der Waals surface area contributed by atoms with Crippen LogP contribution in [0.5, 0.6) is 0 Å². The van der Waals surface area contributed by atoms with Gasteiger partial charge in [-0.3, -0.25) is 4.79 Å². The number of halogens is 1. The van der Waals surface area contributed by atoms with Crippen LogP contribution in [0.2, 0.25) is 0 Å². The number of rotatable bonds is 5. The van der Waals surface area contributed by atoms with Crippen molar-refractivity contribution in [1.29, 1.82) is 0 Å².